The van der Waals surface area contributed by atoms with Gasteiger partial charge in [0.05, 0.1) is 0 Å². The molecule has 2 rings (SSSR count). The van der Waals surface area contributed by atoms with E-state index >= 15 is 0 Å². The molecule has 2 nitrogen and oxygen atoms in total. The molecular weight excluding hydrogens is 196 g/mol. The van der Waals surface area contributed by atoms with Crippen molar-refractivity contribution in [3.8, 4) is 0 Å². The molecule has 2 N–H and O–H groups in total. The van der Waals surface area contributed by atoms with Gasteiger partial charge in [-0.2, -0.15) is 0 Å². The molecule has 0 radical (unpaired) electrons. The van der Waals surface area contributed by atoms with Gasteiger partial charge in [0.1, 0.15) is 0 Å². The number of allylic oxidation sites excluding steroid dienone is 5. The van der Waals surface area contributed by atoms with E-state index in [2.05, 4.69) is 48.8 Å². The van der Waals surface area contributed by atoms with Crippen molar-refractivity contribution in [2.24, 2.45) is 5.41 Å². The van der Waals surface area contributed by atoms with Crippen LogP contribution >= 0.6 is 0 Å². The average molecular weight is 218 g/mol. The topological polar surface area (TPSA) is 24.1 Å². The van der Waals surface area contributed by atoms with Crippen molar-refractivity contribution in [3.63, 3.8) is 0 Å². The van der Waals surface area contributed by atoms with Crippen LogP contribution in [0.15, 0.2) is 35.6 Å². The van der Waals surface area contributed by atoms with Crippen LogP contribution < -0.4 is 10.6 Å². The predicted octanol–water partition coefficient (Wildman–Crippen LogP) is 2.37. The van der Waals surface area contributed by atoms with Gasteiger partial charge in [-0.1, -0.05) is 23.8 Å². The van der Waals surface area contributed by atoms with Gasteiger partial charge in [-0.25, -0.2) is 0 Å². The van der Waals surface area contributed by atoms with E-state index in [4.69, 9.17) is 0 Å². The largest absolute Gasteiger partial charge is 0.388 e. The molecule has 0 aliphatic carbocycles. The fourth-order valence-corrected chi connectivity index (χ4v) is 2.32. The third-order valence-corrected chi connectivity index (χ3v) is 3.61. The molecule has 16 heavy (non-hydrogen) atoms. The first kappa shape index (κ1) is 11.5. The van der Waals surface area contributed by atoms with E-state index in [9.17, 15) is 0 Å². The lowest BCUT2D eigenvalue weighted by molar-refractivity contribution is 0.267. The Morgan fingerprint density at radius 2 is 1.88 bits per heavy atom. The molecule has 0 aromatic carbocycles. The minimum atomic E-state index is 0.347. The lowest BCUT2D eigenvalue weighted by Gasteiger charge is -2.35. The maximum Gasteiger partial charge on any atom is 0.0236 e. The average Bonchev–Trinajstić information content (AvgIpc) is 2.37. The summed E-state index contributed by atoms with van der Waals surface area (Å²) in [6, 6.07) is 0. The summed E-state index contributed by atoms with van der Waals surface area (Å²) in [5.41, 5.74) is 2.95. The zero-order chi connectivity index (χ0) is 11.4. The van der Waals surface area contributed by atoms with Gasteiger partial charge < -0.3 is 10.6 Å². The summed E-state index contributed by atoms with van der Waals surface area (Å²) in [4.78, 5) is 0. The normalized spacial score (nSPS) is 33.4. The maximum absolute atomic E-state index is 3.54. The Bertz CT molecular complexity index is 331. The Morgan fingerprint density at radius 1 is 1.12 bits per heavy atom. The molecule has 0 aromatic rings. The molecule has 1 fully saturated rings. The van der Waals surface area contributed by atoms with E-state index in [-0.39, 0.29) is 0 Å². The van der Waals surface area contributed by atoms with Crippen LogP contribution in [0, 0.1) is 5.41 Å². The van der Waals surface area contributed by atoms with Crippen molar-refractivity contribution in [1.29, 1.82) is 0 Å². The third kappa shape index (κ3) is 2.76. The highest BCUT2D eigenvalue weighted by atomic mass is 14.9. The van der Waals surface area contributed by atoms with Gasteiger partial charge in [0.2, 0.25) is 0 Å². The molecule has 2 heterocycles. The molecule has 2 aliphatic rings. The first-order valence-electron chi connectivity index (χ1n) is 6.19. The predicted molar refractivity (Wildman–Crippen MR) is 69.2 cm³/mol. The lowest BCUT2D eigenvalue weighted by Crippen LogP contribution is -2.41. The van der Waals surface area contributed by atoms with Crippen LogP contribution in [0.1, 0.15) is 26.7 Å². The fourth-order valence-electron chi connectivity index (χ4n) is 2.32. The van der Waals surface area contributed by atoms with E-state index in [1.807, 2.05) is 0 Å². The lowest BCUT2D eigenvalue weighted by atomic mass is 9.78. The van der Waals surface area contributed by atoms with Crippen LogP contribution in [0.2, 0.25) is 0 Å². The number of nitrogens with one attached hydrogen (secondary N) is 2. The smallest absolute Gasteiger partial charge is 0.0236 e. The molecule has 1 spiro atoms. The summed E-state index contributed by atoms with van der Waals surface area (Å²) in [6.45, 7) is 7.65. The molecule has 0 unspecified atom stereocenters. The minimum Gasteiger partial charge on any atom is -0.388 e. The first-order chi connectivity index (χ1) is 7.70. The van der Waals surface area contributed by atoms with Gasteiger partial charge in [-0.15, -0.1) is 0 Å². The number of rotatable bonds is 0. The summed E-state index contributed by atoms with van der Waals surface area (Å²) in [7, 11) is 0. The molecule has 88 valence electrons. The van der Waals surface area contributed by atoms with Gasteiger partial charge in [0, 0.05) is 17.7 Å². The molecule has 0 aromatic heterocycles. The second kappa shape index (κ2) is 4.88. The minimum absolute atomic E-state index is 0.347. The monoisotopic (exact) mass is 218 g/mol. The van der Waals surface area contributed by atoms with Crippen LogP contribution in [0.25, 0.3) is 0 Å². The molecule has 0 atom stereocenters. The highest BCUT2D eigenvalue weighted by Gasteiger charge is 2.29. The van der Waals surface area contributed by atoms with Crippen molar-refractivity contribution in [1.82, 2.24) is 10.6 Å². The number of piperidine rings is 1. The van der Waals surface area contributed by atoms with Gasteiger partial charge in [0.25, 0.3) is 0 Å². The molecule has 1 saturated heterocycles. The molecule has 0 saturated carbocycles. The zero-order valence-corrected chi connectivity index (χ0v) is 10.3. The van der Waals surface area contributed by atoms with Crippen molar-refractivity contribution in [3.05, 3.63) is 35.6 Å². The Morgan fingerprint density at radius 3 is 2.62 bits per heavy atom. The number of hydrogen-bond acceptors (Lipinski definition) is 2. The zero-order valence-electron chi connectivity index (χ0n) is 10.3. The SMILES string of the molecule is CC1=C/C=C(\C)NCC2(\C=C\1)CCNCC2. The Labute approximate surface area is 98.5 Å². The van der Waals surface area contributed by atoms with Crippen LogP contribution in [-0.2, 0) is 0 Å². The molecule has 2 heteroatoms. The van der Waals surface area contributed by atoms with E-state index in [1.165, 1.54) is 24.1 Å². The Hall–Kier alpha value is -1.02. The van der Waals surface area contributed by atoms with Crippen molar-refractivity contribution in [2.75, 3.05) is 19.6 Å². The second-order valence-corrected chi connectivity index (χ2v) is 5.06. The summed E-state index contributed by atoms with van der Waals surface area (Å²) in [5, 5.41) is 6.98. The van der Waals surface area contributed by atoms with Crippen LogP contribution in [-0.4, -0.2) is 19.6 Å². The maximum atomic E-state index is 3.54. The van der Waals surface area contributed by atoms with E-state index in [0.717, 1.165) is 19.6 Å². The van der Waals surface area contributed by atoms with Gasteiger partial charge in [-0.05, 0) is 45.9 Å². The van der Waals surface area contributed by atoms with Gasteiger partial charge >= 0.3 is 0 Å². The van der Waals surface area contributed by atoms with Crippen LogP contribution in [0.5, 0.6) is 0 Å². The second-order valence-electron chi connectivity index (χ2n) is 5.06. The van der Waals surface area contributed by atoms with E-state index in [1.54, 1.807) is 0 Å². The highest BCUT2D eigenvalue weighted by molar-refractivity contribution is 5.26. The third-order valence-electron chi connectivity index (χ3n) is 3.61. The van der Waals surface area contributed by atoms with Crippen molar-refractivity contribution < 1.29 is 0 Å². The molecule has 0 amide bonds. The van der Waals surface area contributed by atoms with Crippen molar-refractivity contribution in [2.45, 2.75) is 26.7 Å². The summed E-state index contributed by atoms with van der Waals surface area (Å²) in [5.74, 6) is 0. The molecular formula is C14H22N2. The van der Waals surface area contributed by atoms with Gasteiger partial charge in [-0.3, -0.25) is 0 Å². The van der Waals surface area contributed by atoms with Gasteiger partial charge in [0.15, 0.2) is 0 Å². The Kier molecular flexibility index (Phi) is 3.49. The Balaban J connectivity index is 2.21. The van der Waals surface area contributed by atoms with Crippen LogP contribution in [0.3, 0.4) is 0 Å². The standard InChI is InChI=1S/C14H22N2/c1-12-3-4-13(2)16-11-14(6-5-12)7-9-15-10-8-14/h3-6,15-16H,7-11H2,1-2H3/b6-5+,12-3-,13-4+. The summed E-state index contributed by atoms with van der Waals surface area (Å²) < 4.78 is 0. The number of hydrogen-bond donors (Lipinski definition) is 2. The molecule has 0 bridgehead atoms. The summed E-state index contributed by atoms with van der Waals surface area (Å²) >= 11 is 0. The van der Waals surface area contributed by atoms with E-state index < -0.39 is 0 Å². The molecule has 2 aliphatic heterocycles. The quantitative estimate of drug-likeness (QED) is 0.652. The van der Waals surface area contributed by atoms with E-state index in [0.29, 0.717) is 5.41 Å². The fraction of sp³-hybridized carbons (Fsp3) is 0.571. The summed E-state index contributed by atoms with van der Waals surface area (Å²) in [6.07, 6.45) is 11.5. The van der Waals surface area contributed by atoms with Crippen LogP contribution in [0.4, 0.5) is 0 Å². The first-order valence-corrected chi connectivity index (χ1v) is 6.19. The van der Waals surface area contributed by atoms with Crippen molar-refractivity contribution >= 4 is 0 Å². The highest BCUT2D eigenvalue weighted by Crippen LogP contribution is 2.30.